The molecular weight excluding hydrogens is 474 g/mol. The van der Waals surface area contributed by atoms with Crippen LogP contribution in [0.3, 0.4) is 0 Å². The SMILES string of the molecule is Cc1cc(Oc2ccccc2)ccc1N1C(=O)NC2c3c1ccnc3SC2C(=O)NC1CCNCC1. The number of carbonyl (C=O) groups excluding carboxylic acids is 2. The van der Waals surface area contributed by atoms with E-state index in [-0.39, 0.29) is 18.0 Å². The summed E-state index contributed by atoms with van der Waals surface area (Å²) in [6, 6.07) is 16.6. The van der Waals surface area contributed by atoms with Gasteiger partial charge in [0.15, 0.2) is 0 Å². The highest BCUT2D eigenvalue weighted by Crippen LogP contribution is 2.51. The van der Waals surface area contributed by atoms with Crippen molar-refractivity contribution in [3.05, 3.63) is 71.9 Å². The van der Waals surface area contributed by atoms with Crippen molar-refractivity contribution in [3.63, 3.8) is 0 Å². The quantitative estimate of drug-likeness (QED) is 0.479. The number of hydrogen-bond acceptors (Lipinski definition) is 6. The van der Waals surface area contributed by atoms with Gasteiger partial charge in [-0.1, -0.05) is 30.0 Å². The van der Waals surface area contributed by atoms with E-state index in [2.05, 4.69) is 20.9 Å². The Bertz CT molecular complexity index is 1310. The van der Waals surface area contributed by atoms with E-state index in [0.717, 1.165) is 59.2 Å². The highest BCUT2D eigenvalue weighted by atomic mass is 32.2. The number of rotatable bonds is 5. The summed E-state index contributed by atoms with van der Waals surface area (Å²) >= 11 is 1.43. The van der Waals surface area contributed by atoms with Gasteiger partial charge in [0.05, 0.1) is 17.4 Å². The standard InChI is InChI=1S/C27H27N5O3S/c1-16-15-19(35-18-5-3-2-4-6-18)7-8-20(16)32-21-11-14-29-26-22(21)23(31-27(32)34)24(36-26)25(33)30-17-9-12-28-13-10-17/h2-8,11,14-15,17,23-24,28H,9-10,12-13H2,1H3,(H,30,33)(H,31,34). The van der Waals surface area contributed by atoms with Crippen molar-refractivity contribution < 1.29 is 14.3 Å². The highest BCUT2D eigenvalue weighted by molar-refractivity contribution is 8.01. The van der Waals surface area contributed by atoms with Crippen molar-refractivity contribution in [3.8, 4) is 11.5 Å². The summed E-state index contributed by atoms with van der Waals surface area (Å²) in [5.41, 5.74) is 3.32. The second-order valence-corrected chi connectivity index (χ2v) is 10.4. The minimum atomic E-state index is -0.447. The zero-order valence-corrected chi connectivity index (χ0v) is 20.7. The van der Waals surface area contributed by atoms with E-state index in [4.69, 9.17) is 4.74 Å². The molecule has 0 radical (unpaired) electrons. The Hall–Kier alpha value is -3.56. The Kier molecular flexibility index (Phi) is 6.02. The summed E-state index contributed by atoms with van der Waals surface area (Å²) in [6.07, 6.45) is 3.53. The number of aryl methyl sites for hydroxylation is 1. The molecular formula is C27H27N5O3S. The van der Waals surface area contributed by atoms with Crippen molar-refractivity contribution in [1.29, 1.82) is 0 Å². The van der Waals surface area contributed by atoms with Crippen LogP contribution in [0.15, 0.2) is 65.8 Å². The lowest BCUT2D eigenvalue weighted by atomic mass is 9.98. The number of para-hydroxylation sites is 1. The largest absolute Gasteiger partial charge is 0.457 e. The Morgan fingerprint density at radius 2 is 1.89 bits per heavy atom. The second-order valence-electron chi connectivity index (χ2n) is 9.25. The fraction of sp³-hybridized carbons (Fsp3) is 0.296. The first-order chi connectivity index (χ1) is 17.6. The van der Waals surface area contributed by atoms with Crippen molar-refractivity contribution in [2.24, 2.45) is 0 Å². The number of thioether (sulfide) groups is 1. The predicted molar refractivity (Wildman–Crippen MR) is 139 cm³/mol. The molecule has 0 aliphatic carbocycles. The van der Waals surface area contributed by atoms with Gasteiger partial charge in [-0.2, -0.15) is 0 Å². The molecule has 1 saturated heterocycles. The maximum atomic E-state index is 13.5. The van der Waals surface area contributed by atoms with Gasteiger partial charge in [0.1, 0.15) is 21.8 Å². The topological polar surface area (TPSA) is 95.6 Å². The van der Waals surface area contributed by atoms with Gasteiger partial charge in [0.2, 0.25) is 5.91 Å². The number of piperidine rings is 1. The third kappa shape index (κ3) is 4.18. The van der Waals surface area contributed by atoms with Gasteiger partial charge in [-0.25, -0.2) is 9.78 Å². The molecule has 2 unspecified atom stereocenters. The Balaban J connectivity index is 1.27. The van der Waals surface area contributed by atoms with Crippen molar-refractivity contribution in [1.82, 2.24) is 20.9 Å². The van der Waals surface area contributed by atoms with Gasteiger partial charge in [0, 0.05) is 17.8 Å². The molecule has 6 rings (SSSR count). The van der Waals surface area contributed by atoms with Crippen LogP contribution in [0.2, 0.25) is 0 Å². The van der Waals surface area contributed by atoms with E-state index in [1.54, 1.807) is 11.1 Å². The zero-order chi connectivity index (χ0) is 24.6. The Morgan fingerprint density at radius 1 is 1.08 bits per heavy atom. The van der Waals surface area contributed by atoms with Gasteiger partial charge >= 0.3 is 6.03 Å². The maximum absolute atomic E-state index is 13.5. The lowest BCUT2D eigenvalue weighted by Gasteiger charge is -2.35. The molecule has 4 heterocycles. The third-order valence-electron chi connectivity index (χ3n) is 6.84. The van der Waals surface area contributed by atoms with Crippen LogP contribution in [0.4, 0.5) is 16.2 Å². The van der Waals surface area contributed by atoms with E-state index < -0.39 is 11.3 Å². The number of hydrogen-bond donors (Lipinski definition) is 3. The molecule has 184 valence electrons. The zero-order valence-electron chi connectivity index (χ0n) is 19.9. The maximum Gasteiger partial charge on any atom is 0.327 e. The summed E-state index contributed by atoms with van der Waals surface area (Å²) in [7, 11) is 0. The van der Waals surface area contributed by atoms with Gasteiger partial charge in [-0.05, 0) is 74.8 Å². The van der Waals surface area contributed by atoms with Crippen molar-refractivity contribution >= 4 is 35.1 Å². The molecule has 3 aliphatic heterocycles. The summed E-state index contributed by atoms with van der Waals surface area (Å²) in [4.78, 5) is 32.9. The van der Waals surface area contributed by atoms with Gasteiger partial charge in [-0.3, -0.25) is 9.69 Å². The summed E-state index contributed by atoms with van der Waals surface area (Å²) in [5.74, 6) is 1.40. The van der Waals surface area contributed by atoms with Gasteiger partial charge in [0.25, 0.3) is 0 Å². The number of nitrogens with one attached hydrogen (secondary N) is 3. The lowest BCUT2D eigenvalue weighted by Crippen LogP contribution is -2.51. The van der Waals surface area contributed by atoms with Crippen LogP contribution in [-0.2, 0) is 4.79 Å². The molecule has 1 aromatic heterocycles. The number of ether oxygens (including phenoxy) is 1. The number of anilines is 2. The van der Waals surface area contributed by atoms with E-state index in [0.29, 0.717) is 5.75 Å². The molecule has 8 nitrogen and oxygen atoms in total. The molecule has 3 amide bonds. The number of amides is 3. The number of carbonyl (C=O) groups is 2. The molecule has 2 aromatic carbocycles. The average molecular weight is 502 g/mol. The molecule has 0 spiro atoms. The Labute approximate surface area is 213 Å². The van der Waals surface area contributed by atoms with Gasteiger partial charge in [-0.15, -0.1) is 0 Å². The molecule has 3 aliphatic rings. The minimum Gasteiger partial charge on any atom is -0.457 e. The molecule has 3 aromatic rings. The number of nitrogens with zero attached hydrogens (tertiary/aromatic N) is 2. The van der Waals surface area contributed by atoms with E-state index in [1.807, 2.05) is 61.5 Å². The predicted octanol–water partition coefficient (Wildman–Crippen LogP) is 4.43. The van der Waals surface area contributed by atoms with Crippen LogP contribution in [0.5, 0.6) is 11.5 Å². The first kappa shape index (κ1) is 22.9. The fourth-order valence-electron chi connectivity index (χ4n) is 5.08. The molecule has 2 atom stereocenters. The minimum absolute atomic E-state index is 0.0480. The van der Waals surface area contributed by atoms with Crippen LogP contribution >= 0.6 is 11.8 Å². The third-order valence-corrected chi connectivity index (χ3v) is 8.13. The van der Waals surface area contributed by atoms with E-state index in [1.165, 1.54) is 11.8 Å². The van der Waals surface area contributed by atoms with Crippen LogP contribution in [-0.4, -0.2) is 41.3 Å². The van der Waals surface area contributed by atoms with Crippen molar-refractivity contribution in [2.75, 3.05) is 18.0 Å². The van der Waals surface area contributed by atoms with Gasteiger partial charge < -0.3 is 20.7 Å². The number of aromatic nitrogens is 1. The summed E-state index contributed by atoms with van der Waals surface area (Å²) < 4.78 is 5.97. The monoisotopic (exact) mass is 501 g/mol. The van der Waals surface area contributed by atoms with Crippen LogP contribution in [0.25, 0.3) is 0 Å². The van der Waals surface area contributed by atoms with Crippen LogP contribution in [0.1, 0.15) is 30.0 Å². The first-order valence-electron chi connectivity index (χ1n) is 12.2. The van der Waals surface area contributed by atoms with Crippen LogP contribution < -0.4 is 25.6 Å². The second kappa shape index (κ2) is 9.48. The molecule has 0 bridgehead atoms. The molecule has 3 N–H and O–H groups in total. The Morgan fingerprint density at radius 3 is 2.67 bits per heavy atom. The average Bonchev–Trinajstić information content (AvgIpc) is 3.26. The first-order valence-corrected chi connectivity index (χ1v) is 13.1. The normalized spacial score (nSPS) is 21.0. The highest BCUT2D eigenvalue weighted by Gasteiger charge is 2.47. The fourth-order valence-corrected chi connectivity index (χ4v) is 6.32. The number of pyridine rings is 1. The smallest absolute Gasteiger partial charge is 0.327 e. The van der Waals surface area contributed by atoms with Crippen LogP contribution in [0, 0.1) is 6.92 Å². The molecule has 36 heavy (non-hydrogen) atoms. The molecule has 0 saturated carbocycles. The summed E-state index contributed by atoms with van der Waals surface area (Å²) in [5, 5.41) is 9.94. The molecule has 9 heteroatoms. The number of benzene rings is 2. The number of urea groups is 1. The lowest BCUT2D eigenvalue weighted by molar-refractivity contribution is -0.121. The molecule has 1 fully saturated rings. The summed E-state index contributed by atoms with van der Waals surface area (Å²) in [6.45, 7) is 3.76. The van der Waals surface area contributed by atoms with E-state index >= 15 is 0 Å². The van der Waals surface area contributed by atoms with Crippen molar-refractivity contribution in [2.45, 2.75) is 42.1 Å². The van der Waals surface area contributed by atoms with E-state index in [9.17, 15) is 9.59 Å².